The van der Waals surface area contributed by atoms with Crippen molar-refractivity contribution in [3.8, 4) is 0 Å². The van der Waals surface area contributed by atoms with Crippen molar-refractivity contribution in [1.82, 2.24) is 10.3 Å². The number of thiophene rings is 1. The van der Waals surface area contributed by atoms with Crippen LogP contribution in [0.1, 0.15) is 22.2 Å². The van der Waals surface area contributed by atoms with Gasteiger partial charge in [-0.1, -0.05) is 36.4 Å². The van der Waals surface area contributed by atoms with Crippen LogP contribution in [0.2, 0.25) is 0 Å². The third-order valence-electron chi connectivity index (χ3n) is 3.23. The van der Waals surface area contributed by atoms with Crippen LogP contribution in [0.5, 0.6) is 0 Å². The van der Waals surface area contributed by atoms with Crippen molar-refractivity contribution >= 4 is 27.3 Å². The van der Waals surface area contributed by atoms with Crippen molar-refractivity contribution in [2.75, 3.05) is 0 Å². The van der Waals surface area contributed by atoms with Crippen molar-refractivity contribution in [2.24, 2.45) is 0 Å². The maximum atomic E-state index is 4.50. The second kappa shape index (κ2) is 6.98. The highest BCUT2D eigenvalue weighted by molar-refractivity contribution is 9.11. The lowest BCUT2D eigenvalue weighted by atomic mass is 10.0. The molecule has 2 aromatic heterocycles. The van der Waals surface area contributed by atoms with E-state index in [1.54, 1.807) is 11.3 Å². The van der Waals surface area contributed by atoms with Gasteiger partial charge in [0.25, 0.3) is 0 Å². The first kappa shape index (κ1) is 14.4. The molecular weight excluding hydrogens is 344 g/mol. The fourth-order valence-corrected chi connectivity index (χ4v) is 3.67. The van der Waals surface area contributed by atoms with E-state index in [-0.39, 0.29) is 6.04 Å². The van der Waals surface area contributed by atoms with Crippen LogP contribution in [-0.4, -0.2) is 4.98 Å². The zero-order valence-corrected chi connectivity index (χ0v) is 13.8. The molecular formula is C17H15BrN2S. The lowest BCUT2D eigenvalue weighted by Crippen LogP contribution is -2.22. The average molecular weight is 359 g/mol. The Hall–Kier alpha value is -1.49. The first-order valence-electron chi connectivity index (χ1n) is 6.76. The van der Waals surface area contributed by atoms with E-state index in [9.17, 15) is 0 Å². The highest BCUT2D eigenvalue weighted by Gasteiger charge is 2.14. The molecule has 0 radical (unpaired) electrons. The molecule has 0 bridgehead atoms. The van der Waals surface area contributed by atoms with Gasteiger partial charge < -0.3 is 5.32 Å². The Kier molecular flexibility index (Phi) is 4.80. The highest BCUT2D eigenvalue weighted by Crippen LogP contribution is 2.24. The Labute approximate surface area is 137 Å². The standard InChI is InChI=1S/C17H15BrN2S/c18-16-10-9-14(21-16)12-20-17(13-6-2-1-3-7-13)15-8-4-5-11-19-15/h1-11,17,20H,12H2. The number of aromatic nitrogens is 1. The summed E-state index contributed by atoms with van der Waals surface area (Å²) in [7, 11) is 0. The molecule has 0 amide bonds. The van der Waals surface area contributed by atoms with E-state index in [1.807, 2.05) is 24.4 Å². The third kappa shape index (κ3) is 3.79. The van der Waals surface area contributed by atoms with Gasteiger partial charge in [0.1, 0.15) is 0 Å². The first-order chi connectivity index (χ1) is 10.3. The van der Waals surface area contributed by atoms with E-state index in [0.29, 0.717) is 0 Å². The molecule has 4 heteroatoms. The molecule has 3 aromatic rings. The van der Waals surface area contributed by atoms with Crippen LogP contribution in [0.25, 0.3) is 0 Å². The number of benzene rings is 1. The van der Waals surface area contributed by atoms with Gasteiger partial charge in [-0.15, -0.1) is 11.3 Å². The number of halogens is 1. The minimum atomic E-state index is 0.105. The molecule has 2 nitrogen and oxygen atoms in total. The Morgan fingerprint density at radius 2 is 1.81 bits per heavy atom. The lowest BCUT2D eigenvalue weighted by Gasteiger charge is -2.18. The van der Waals surface area contributed by atoms with Gasteiger partial charge in [-0.05, 0) is 45.8 Å². The molecule has 1 unspecified atom stereocenters. The van der Waals surface area contributed by atoms with Gasteiger partial charge in [-0.3, -0.25) is 4.98 Å². The maximum Gasteiger partial charge on any atom is 0.0754 e. The quantitative estimate of drug-likeness (QED) is 0.709. The largest absolute Gasteiger partial charge is 0.300 e. The Balaban J connectivity index is 1.83. The topological polar surface area (TPSA) is 24.9 Å². The minimum Gasteiger partial charge on any atom is -0.300 e. The van der Waals surface area contributed by atoms with Gasteiger partial charge in [0.15, 0.2) is 0 Å². The van der Waals surface area contributed by atoms with Gasteiger partial charge in [0, 0.05) is 17.6 Å². The molecule has 0 fully saturated rings. The summed E-state index contributed by atoms with van der Waals surface area (Å²) < 4.78 is 1.16. The van der Waals surface area contributed by atoms with Crippen LogP contribution in [0.15, 0.2) is 70.6 Å². The molecule has 1 atom stereocenters. The van der Waals surface area contributed by atoms with Crippen molar-refractivity contribution < 1.29 is 0 Å². The molecule has 0 spiro atoms. The first-order valence-corrected chi connectivity index (χ1v) is 8.37. The molecule has 3 rings (SSSR count). The smallest absolute Gasteiger partial charge is 0.0754 e. The van der Waals surface area contributed by atoms with Crippen LogP contribution in [-0.2, 0) is 6.54 Å². The summed E-state index contributed by atoms with van der Waals surface area (Å²) in [4.78, 5) is 5.81. The molecule has 0 aliphatic carbocycles. The predicted octanol–water partition coefficient (Wildman–Crippen LogP) is 4.78. The van der Waals surface area contributed by atoms with E-state index in [2.05, 4.69) is 68.7 Å². The minimum absolute atomic E-state index is 0.105. The Morgan fingerprint density at radius 1 is 1.00 bits per heavy atom. The number of hydrogen-bond donors (Lipinski definition) is 1. The van der Waals surface area contributed by atoms with Crippen LogP contribution in [0.3, 0.4) is 0 Å². The highest BCUT2D eigenvalue weighted by atomic mass is 79.9. The molecule has 0 aliphatic heterocycles. The summed E-state index contributed by atoms with van der Waals surface area (Å²) in [6.07, 6.45) is 1.84. The van der Waals surface area contributed by atoms with Crippen molar-refractivity contribution in [2.45, 2.75) is 12.6 Å². The van der Waals surface area contributed by atoms with E-state index < -0.39 is 0 Å². The molecule has 1 aromatic carbocycles. The fourth-order valence-electron chi connectivity index (χ4n) is 2.23. The zero-order valence-electron chi connectivity index (χ0n) is 11.4. The van der Waals surface area contributed by atoms with Crippen LogP contribution in [0.4, 0.5) is 0 Å². The summed E-state index contributed by atoms with van der Waals surface area (Å²) in [6.45, 7) is 0.826. The van der Waals surface area contributed by atoms with Crippen LogP contribution >= 0.6 is 27.3 Å². The summed E-state index contributed by atoms with van der Waals surface area (Å²) >= 11 is 5.26. The van der Waals surface area contributed by atoms with Gasteiger partial charge in [0.2, 0.25) is 0 Å². The number of rotatable bonds is 5. The van der Waals surface area contributed by atoms with Crippen LogP contribution < -0.4 is 5.32 Å². The van der Waals surface area contributed by atoms with E-state index in [0.717, 1.165) is 16.0 Å². The summed E-state index contributed by atoms with van der Waals surface area (Å²) in [5, 5.41) is 3.61. The lowest BCUT2D eigenvalue weighted by molar-refractivity contribution is 0.596. The van der Waals surface area contributed by atoms with Gasteiger partial charge >= 0.3 is 0 Å². The third-order valence-corrected chi connectivity index (χ3v) is 4.85. The van der Waals surface area contributed by atoms with Crippen LogP contribution in [0, 0.1) is 0 Å². The molecule has 2 heterocycles. The summed E-state index contributed by atoms with van der Waals surface area (Å²) in [5.74, 6) is 0. The fraction of sp³-hybridized carbons (Fsp3) is 0.118. The van der Waals surface area contributed by atoms with Crippen molar-refractivity contribution in [3.05, 3.63) is 86.8 Å². The second-order valence-corrected chi connectivity index (χ2v) is 7.23. The van der Waals surface area contributed by atoms with Gasteiger partial charge in [-0.25, -0.2) is 0 Å². The SMILES string of the molecule is Brc1ccc(CNC(c2ccccc2)c2ccccn2)s1. The van der Waals surface area contributed by atoms with E-state index in [4.69, 9.17) is 0 Å². The molecule has 0 aliphatic rings. The van der Waals surface area contributed by atoms with Crippen molar-refractivity contribution in [3.63, 3.8) is 0 Å². The van der Waals surface area contributed by atoms with E-state index >= 15 is 0 Å². The second-order valence-electron chi connectivity index (χ2n) is 4.69. The van der Waals surface area contributed by atoms with Gasteiger partial charge in [-0.2, -0.15) is 0 Å². The number of pyridine rings is 1. The Bertz CT molecular complexity index is 643. The average Bonchev–Trinajstić information content (AvgIpc) is 2.95. The van der Waals surface area contributed by atoms with E-state index in [1.165, 1.54) is 10.4 Å². The molecule has 0 saturated carbocycles. The number of nitrogens with zero attached hydrogens (tertiary/aromatic N) is 1. The number of nitrogens with one attached hydrogen (secondary N) is 1. The van der Waals surface area contributed by atoms with Crippen molar-refractivity contribution in [1.29, 1.82) is 0 Å². The monoisotopic (exact) mass is 358 g/mol. The normalized spacial score (nSPS) is 12.2. The molecule has 1 N–H and O–H groups in total. The molecule has 21 heavy (non-hydrogen) atoms. The Morgan fingerprint density at radius 3 is 2.48 bits per heavy atom. The predicted molar refractivity (Wildman–Crippen MR) is 91.4 cm³/mol. The number of hydrogen-bond acceptors (Lipinski definition) is 3. The van der Waals surface area contributed by atoms with Gasteiger partial charge in [0.05, 0.1) is 15.5 Å². The molecule has 106 valence electrons. The maximum absolute atomic E-state index is 4.50. The summed E-state index contributed by atoms with van der Waals surface area (Å²) in [5.41, 5.74) is 2.27. The summed E-state index contributed by atoms with van der Waals surface area (Å²) in [6, 6.07) is 20.8. The zero-order chi connectivity index (χ0) is 14.5. The molecule has 0 saturated heterocycles.